The van der Waals surface area contributed by atoms with Gasteiger partial charge in [-0.1, -0.05) is 25.1 Å². The number of aryl methyl sites for hydroxylation is 2. The minimum atomic E-state index is -1.00. The minimum absolute atomic E-state index is 0.0648. The van der Waals surface area contributed by atoms with Gasteiger partial charge in [-0.15, -0.1) is 11.8 Å². The third-order valence-corrected chi connectivity index (χ3v) is 5.49. The maximum Gasteiger partial charge on any atom is 0.303 e. The number of carboxylic acids is 1. The second-order valence-corrected chi connectivity index (χ2v) is 8.09. The first-order valence-electron chi connectivity index (χ1n) is 9.47. The number of carboxylic acid groups (broad SMARTS) is 1. The average Bonchev–Trinajstić information content (AvgIpc) is 2.69. The number of hydrogen-bond donors (Lipinski definition) is 3. The second kappa shape index (κ2) is 10.7. The zero-order valence-corrected chi connectivity index (χ0v) is 17.6. The maximum atomic E-state index is 12.6. The molecule has 0 aromatic heterocycles. The first kappa shape index (κ1) is 22.5. The van der Waals surface area contributed by atoms with Crippen molar-refractivity contribution in [2.75, 3.05) is 10.6 Å². The summed E-state index contributed by atoms with van der Waals surface area (Å²) < 4.78 is 0. The molecule has 1 unspecified atom stereocenters. The van der Waals surface area contributed by atoms with E-state index in [2.05, 4.69) is 17.6 Å². The van der Waals surface area contributed by atoms with Gasteiger partial charge < -0.3 is 15.7 Å². The second-order valence-electron chi connectivity index (χ2n) is 6.68. The van der Waals surface area contributed by atoms with Crippen molar-refractivity contribution in [2.24, 2.45) is 0 Å². The van der Waals surface area contributed by atoms with Crippen LogP contribution in [0.15, 0.2) is 47.4 Å². The quantitative estimate of drug-likeness (QED) is 0.526. The average molecular weight is 415 g/mol. The van der Waals surface area contributed by atoms with Gasteiger partial charge in [0.15, 0.2) is 0 Å². The van der Waals surface area contributed by atoms with E-state index in [4.69, 9.17) is 5.11 Å². The van der Waals surface area contributed by atoms with Crippen LogP contribution in [0, 0.1) is 6.92 Å². The van der Waals surface area contributed by atoms with E-state index in [1.54, 1.807) is 12.1 Å². The molecule has 0 fully saturated rings. The number of carbonyl (C=O) groups excluding carboxylic acids is 2. The number of carbonyl (C=O) groups is 3. The number of para-hydroxylation sites is 1. The Morgan fingerprint density at radius 3 is 2.34 bits per heavy atom. The number of anilines is 2. The molecule has 0 saturated carbocycles. The highest BCUT2D eigenvalue weighted by atomic mass is 32.2. The fourth-order valence-electron chi connectivity index (χ4n) is 2.75. The van der Waals surface area contributed by atoms with Crippen LogP contribution in [0.1, 0.15) is 37.8 Å². The zero-order chi connectivity index (χ0) is 21.4. The van der Waals surface area contributed by atoms with Crippen LogP contribution in [0.5, 0.6) is 0 Å². The van der Waals surface area contributed by atoms with Crippen molar-refractivity contribution < 1.29 is 19.5 Å². The molecule has 2 rings (SSSR count). The molecule has 2 aromatic rings. The Labute approximate surface area is 175 Å². The SMILES string of the molecule is CCc1cccc(C)c1NC(=O)C(C)Sc1ccc(NC(=O)CCC(=O)O)cc1. The van der Waals surface area contributed by atoms with Crippen molar-refractivity contribution in [1.29, 1.82) is 0 Å². The Kier molecular flexibility index (Phi) is 8.27. The topological polar surface area (TPSA) is 95.5 Å². The maximum absolute atomic E-state index is 12.6. The summed E-state index contributed by atoms with van der Waals surface area (Å²) in [5, 5.41) is 14.0. The lowest BCUT2D eigenvalue weighted by atomic mass is 10.1. The number of benzene rings is 2. The molecule has 2 amide bonds. The molecule has 7 heteroatoms. The molecule has 0 aliphatic carbocycles. The Hall–Kier alpha value is -2.80. The lowest BCUT2D eigenvalue weighted by molar-refractivity contribution is -0.138. The van der Waals surface area contributed by atoms with Crippen LogP contribution in [-0.4, -0.2) is 28.1 Å². The first-order chi connectivity index (χ1) is 13.8. The summed E-state index contributed by atoms with van der Waals surface area (Å²) in [4.78, 5) is 35.7. The monoisotopic (exact) mass is 414 g/mol. The Bertz CT molecular complexity index is 881. The fourth-order valence-corrected chi connectivity index (χ4v) is 3.61. The van der Waals surface area contributed by atoms with Gasteiger partial charge in [-0.25, -0.2) is 0 Å². The minimum Gasteiger partial charge on any atom is -0.481 e. The van der Waals surface area contributed by atoms with E-state index < -0.39 is 5.97 Å². The van der Waals surface area contributed by atoms with Crippen LogP contribution in [-0.2, 0) is 20.8 Å². The largest absolute Gasteiger partial charge is 0.481 e. The van der Waals surface area contributed by atoms with Gasteiger partial charge in [0.05, 0.1) is 11.7 Å². The summed E-state index contributed by atoms with van der Waals surface area (Å²) in [5.74, 6) is -1.41. The summed E-state index contributed by atoms with van der Waals surface area (Å²) in [6.45, 7) is 5.89. The Balaban J connectivity index is 1.93. The van der Waals surface area contributed by atoms with Gasteiger partial charge in [-0.2, -0.15) is 0 Å². The van der Waals surface area contributed by atoms with Crippen molar-refractivity contribution in [1.82, 2.24) is 0 Å². The summed E-state index contributed by atoms with van der Waals surface area (Å²) in [5.41, 5.74) is 3.62. The Morgan fingerprint density at radius 1 is 1.03 bits per heavy atom. The molecule has 0 aliphatic rings. The molecule has 6 nitrogen and oxygen atoms in total. The van der Waals surface area contributed by atoms with Crippen LogP contribution < -0.4 is 10.6 Å². The van der Waals surface area contributed by atoms with E-state index in [0.717, 1.165) is 28.1 Å². The standard InChI is InChI=1S/C22H26N2O4S/c1-4-16-7-5-6-14(2)21(16)24-22(28)15(3)29-18-10-8-17(9-11-18)23-19(25)12-13-20(26)27/h5-11,15H,4,12-13H2,1-3H3,(H,23,25)(H,24,28)(H,26,27). The third-order valence-electron chi connectivity index (χ3n) is 4.37. The number of hydrogen-bond acceptors (Lipinski definition) is 4. The first-order valence-corrected chi connectivity index (χ1v) is 10.4. The zero-order valence-electron chi connectivity index (χ0n) is 16.8. The summed E-state index contributed by atoms with van der Waals surface area (Å²) in [6.07, 6.45) is 0.577. The summed E-state index contributed by atoms with van der Waals surface area (Å²) >= 11 is 1.43. The van der Waals surface area contributed by atoms with E-state index in [-0.39, 0.29) is 29.9 Å². The van der Waals surface area contributed by atoms with E-state index >= 15 is 0 Å². The van der Waals surface area contributed by atoms with Gasteiger partial charge in [0.25, 0.3) is 0 Å². The molecule has 154 valence electrons. The van der Waals surface area contributed by atoms with Crippen molar-refractivity contribution >= 4 is 40.9 Å². The van der Waals surface area contributed by atoms with Gasteiger partial charge in [-0.05, 0) is 55.7 Å². The van der Waals surface area contributed by atoms with Gasteiger partial charge in [0.2, 0.25) is 11.8 Å². The molecule has 0 saturated heterocycles. The van der Waals surface area contributed by atoms with Crippen molar-refractivity contribution in [3.63, 3.8) is 0 Å². The van der Waals surface area contributed by atoms with Crippen LogP contribution in [0.3, 0.4) is 0 Å². The molecule has 0 radical (unpaired) electrons. The third kappa shape index (κ3) is 6.94. The molecular weight excluding hydrogens is 388 g/mol. The van der Waals surface area contributed by atoms with Crippen molar-refractivity contribution in [2.45, 2.75) is 50.2 Å². The lowest BCUT2D eigenvalue weighted by Crippen LogP contribution is -2.23. The van der Waals surface area contributed by atoms with Crippen molar-refractivity contribution in [3.05, 3.63) is 53.6 Å². The van der Waals surface area contributed by atoms with Crippen LogP contribution in [0.25, 0.3) is 0 Å². The normalized spacial score (nSPS) is 11.6. The smallest absolute Gasteiger partial charge is 0.303 e. The van der Waals surface area contributed by atoms with Gasteiger partial charge >= 0.3 is 5.97 Å². The summed E-state index contributed by atoms with van der Waals surface area (Å²) in [6, 6.07) is 13.1. The predicted molar refractivity (Wildman–Crippen MR) is 116 cm³/mol. The van der Waals surface area contributed by atoms with E-state index in [0.29, 0.717) is 5.69 Å². The highest BCUT2D eigenvalue weighted by Crippen LogP contribution is 2.27. The van der Waals surface area contributed by atoms with E-state index in [1.807, 2.05) is 44.2 Å². The number of thioether (sulfide) groups is 1. The number of aliphatic carboxylic acids is 1. The summed E-state index contributed by atoms with van der Waals surface area (Å²) in [7, 11) is 0. The molecule has 0 bridgehead atoms. The molecule has 2 aromatic carbocycles. The van der Waals surface area contributed by atoms with Crippen LogP contribution in [0.2, 0.25) is 0 Å². The highest BCUT2D eigenvalue weighted by molar-refractivity contribution is 8.00. The molecule has 29 heavy (non-hydrogen) atoms. The molecule has 0 spiro atoms. The van der Waals surface area contributed by atoms with Gasteiger partial charge in [0, 0.05) is 22.7 Å². The molecule has 1 atom stereocenters. The lowest BCUT2D eigenvalue weighted by Gasteiger charge is -2.16. The Morgan fingerprint density at radius 2 is 1.72 bits per heavy atom. The molecule has 0 aliphatic heterocycles. The van der Waals surface area contributed by atoms with E-state index in [9.17, 15) is 14.4 Å². The van der Waals surface area contributed by atoms with Gasteiger partial charge in [-0.3, -0.25) is 14.4 Å². The van der Waals surface area contributed by atoms with Crippen molar-refractivity contribution in [3.8, 4) is 0 Å². The molecule has 3 N–H and O–H groups in total. The van der Waals surface area contributed by atoms with Gasteiger partial charge in [0.1, 0.15) is 0 Å². The number of amides is 2. The predicted octanol–water partition coefficient (Wildman–Crippen LogP) is 4.48. The molecular formula is C22H26N2O4S. The highest BCUT2D eigenvalue weighted by Gasteiger charge is 2.17. The van der Waals surface area contributed by atoms with Crippen LogP contribution in [0.4, 0.5) is 11.4 Å². The number of rotatable bonds is 9. The van der Waals surface area contributed by atoms with Crippen LogP contribution >= 0.6 is 11.8 Å². The fraction of sp³-hybridized carbons (Fsp3) is 0.318. The van der Waals surface area contributed by atoms with E-state index in [1.165, 1.54) is 11.8 Å². The number of nitrogens with one attached hydrogen (secondary N) is 2. The molecule has 0 heterocycles.